The molecule has 130 valence electrons. The molecule has 0 aliphatic carbocycles. The zero-order valence-electron chi connectivity index (χ0n) is 13.4. The third kappa shape index (κ3) is 4.80. The van der Waals surface area contributed by atoms with Crippen molar-refractivity contribution in [3.63, 3.8) is 0 Å². The SMILES string of the molecule is O=C(C=Cc1ccc(Br)o1)Nc1cccc(C(=O)N2CCOCC2)c1. The molecule has 3 rings (SSSR count). The molecule has 6 nitrogen and oxygen atoms in total. The summed E-state index contributed by atoms with van der Waals surface area (Å²) in [5.74, 6) is 0.206. The van der Waals surface area contributed by atoms with E-state index in [2.05, 4.69) is 21.2 Å². The van der Waals surface area contributed by atoms with Crippen molar-refractivity contribution in [2.75, 3.05) is 31.6 Å². The van der Waals surface area contributed by atoms with Gasteiger partial charge in [0.05, 0.1) is 13.2 Å². The van der Waals surface area contributed by atoms with Crippen LogP contribution in [0, 0.1) is 0 Å². The lowest BCUT2D eigenvalue weighted by Gasteiger charge is -2.27. The maximum Gasteiger partial charge on any atom is 0.254 e. The Morgan fingerprint density at radius 3 is 2.68 bits per heavy atom. The van der Waals surface area contributed by atoms with Gasteiger partial charge in [-0.1, -0.05) is 6.07 Å². The standard InChI is InChI=1S/C18H17BrN2O4/c19-16-6-4-15(25-16)5-7-17(22)20-14-3-1-2-13(12-14)18(23)21-8-10-24-11-9-21/h1-7,12H,8-11H2,(H,20,22). The van der Waals surface area contributed by atoms with Crippen LogP contribution in [0.3, 0.4) is 0 Å². The second-order valence-corrected chi connectivity index (χ2v) is 6.23. The van der Waals surface area contributed by atoms with E-state index in [1.54, 1.807) is 47.4 Å². The number of carbonyl (C=O) groups excluding carboxylic acids is 2. The number of morpholine rings is 1. The molecule has 0 bridgehead atoms. The Labute approximate surface area is 153 Å². The average Bonchev–Trinajstić information content (AvgIpc) is 3.06. The zero-order valence-corrected chi connectivity index (χ0v) is 15.0. The van der Waals surface area contributed by atoms with E-state index in [0.717, 1.165) is 0 Å². The molecular weight excluding hydrogens is 388 g/mol. The van der Waals surface area contributed by atoms with E-state index in [0.29, 0.717) is 48.0 Å². The molecule has 1 aliphatic rings. The molecule has 1 aromatic carbocycles. The summed E-state index contributed by atoms with van der Waals surface area (Å²) >= 11 is 3.20. The molecular formula is C18H17BrN2O4. The Kier molecular flexibility index (Phi) is 5.67. The molecule has 1 N–H and O–H groups in total. The Morgan fingerprint density at radius 2 is 1.96 bits per heavy atom. The third-order valence-corrected chi connectivity index (χ3v) is 4.09. The first-order chi connectivity index (χ1) is 12.1. The Hall–Kier alpha value is -2.38. The predicted molar refractivity (Wildman–Crippen MR) is 97.2 cm³/mol. The van der Waals surface area contributed by atoms with Crippen molar-refractivity contribution in [1.82, 2.24) is 4.90 Å². The Balaban J connectivity index is 1.63. The van der Waals surface area contributed by atoms with Crippen molar-refractivity contribution in [3.05, 3.63) is 58.5 Å². The minimum absolute atomic E-state index is 0.0598. The molecule has 0 saturated carbocycles. The van der Waals surface area contributed by atoms with Crippen LogP contribution < -0.4 is 5.32 Å². The topological polar surface area (TPSA) is 71.8 Å². The van der Waals surface area contributed by atoms with Crippen LogP contribution in [0.1, 0.15) is 16.1 Å². The maximum absolute atomic E-state index is 12.5. The number of rotatable bonds is 4. The number of hydrogen-bond acceptors (Lipinski definition) is 4. The molecule has 2 aromatic rings. The normalized spacial score (nSPS) is 14.7. The quantitative estimate of drug-likeness (QED) is 0.794. The second kappa shape index (κ2) is 8.13. The summed E-state index contributed by atoms with van der Waals surface area (Å²) in [4.78, 5) is 26.2. The first-order valence-electron chi connectivity index (χ1n) is 7.83. The van der Waals surface area contributed by atoms with Crippen LogP contribution >= 0.6 is 15.9 Å². The van der Waals surface area contributed by atoms with Gasteiger partial charge in [-0.3, -0.25) is 9.59 Å². The number of nitrogens with one attached hydrogen (secondary N) is 1. The Bertz CT molecular complexity index is 794. The fourth-order valence-corrected chi connectivity index (χ4v) is 2.76. The first kappa shape index (κ1) is 17.4. The number of hydrogen-bond donors (Lipinski definition) is 1. The van der Waals surface area contributed by atoms with E-state index in [1.165, 1.54) is 6.08 Å². The lowest BCUT2D eigenvalue weighted by molar-refractivity contribution is -0.111. The molecule has 1 fully saturated rings. The number of nitrogens with zero attached hydrogens (tertiary/aromatic N) is 1. The van der Waals surface area contributed by atoms with Crippen LogP contribution in [0.5, 0.6) is 0 Å². The monoisotopic (exact) mass is 404 g/mol. The summed E-state index contributed by atoms with van der Waals surface area (Å²) in [6.07, 6.45) is 2.95. The van der Waals surface area contributed by atoms with E-state index in [4.69, 9.17) is 9.15 Å². The minimum Gasteiger partial charge on any atom is -0.450 e. The molecule has 1 aromatic heterocycles. The average molecular weight is 405 g/mol. The van der Waals surface area contributed by atoms with Crippen molar-refractivity contribution in [1.29, 1.82) is 0 Å². The number of amides is 2. The number of carbonyl (C=O) groups is 2. The van der Waals surface area contributed by atoms with Gasteiger partial charge in [-0.05, 0) is 52.3 Å². The van der Waals surface area contributed by atoms with Gasteiger partial charge in [0.15, 0.2) is 4.67 Å². The smallest absolute Gasteiger partial charge is 0.254 e. The second-order valence-electron chi connectivity index (χ2n) is 5.45. The highest BCUT2D eigenvalue weighted by molar-refractivity contribution is 9.10. The van der Waals surface area contributed by atoms with Crippen molar-refractivity contribution in [2.45, 2.75) is 0 Å². The molecule has 0 spiro atoms. The summed E-state index contributed by atoms with van der Waals surface area (Å²) in [5, 5.41) is 2.74. The molecule has 7 heteroatoms. The van der Waals surface area contributed by atoms with Crippen LogP contribution in [0.2, 0.25) is 0 Å². The van der Waals surface area contributed by atoms with Gasteiger partial charge in [0.1, 0.15) is 5.76 Å². The maximum atomic E-state index is 12.5. The number of furan rings is 1. The van der Waals surface area contributed by atoms with E-state index >= 15 is 0 Å². The van der Waals surface area contributed by atoms with Gasteiger partial charge in [0.25, 0.3) is 5.91 Å². The van der Waals surface area contributed by atoms with Crippen LogP contribution in [0.25, 0.3) is 6.08 Å². The number of benzene rings is 1. The van der Waals surface area contributed by atoms with Crippen molar-refractivity contribution in [3.8, 4) is 0 Å². The lowest BCUT2D eigenvalue weighted by atomic mass is 10.1. The van der Waals surface area contributed by atoms with Gasteiger partial charge < -0.3 is 19.4 Å². The van der Waals surface area contributed by atoms with Gasteiger partial charge in [0, 0.05) is 30.4 Å². The number of halogens is 1. The van der Waals surface area contributed by atoms with E-state index in [9.17, 15) is 9.59 Å². The lowest BCUT2D eigenvalue weighted by Crippen LogP contribution is -2.40. The van der Waals surface area contributed by atoms with Gasteiger partial charge in [-0.25, -0.2) is 0 Å². The highest BCUT2D eigenvalue weighted by Gasteiger charge is 2.18. The summed E-state index contributed by atoms with van der Waals surface area (Å²) in [5.41, 5.74) is 1.10. The Morgan fingerprint density at radius 1 is 1.16 bits per heavy atom. The van der Waals surface area contributed by atoms with Crippen LogP contribution in [0.4, 0.5) is 5.69 Å². The summed E-state index contributed by atoms with van der Waals surface area (Å²) in [7, 11) is 0. The van der Waals surface area contributed by atoms with E-state index < -0.39 is 0 Å². The molecule has 1 aliphatic heterocycles. The van der Waals surface area contributed by atoms with Gasteiger partial charge in [0.2, 0.25) is 5.91 Å². The van der Waals surface area contributed by atoms with Crippen molar-refractivity contribution >= 4 is 39.5 Å². The van der Waals surface area contributed by atoms with E-state index in [1.807, 2.05) is 0 Å². The zero-order chi connectivity index (χ0) is 17.6. The first-order valence-corrected chi connectivity index (χ1v) is 8.62. The largest absolute Gasteiger partial charge is 0.450 e. The fourth-order valence-electron chi connectivity index (χ4n) is 2.44. The third-order valence-electron chi connectivity index (χ3n) is 3.67. The van der Waals surface area contributed by atoms with Crippen LogP contribution in [0.15, 0.2) is 51.6 Å². The van der Waals surface area contributed by atoms with Crippen molar-refractivity contribution < 1.29 is 18.7 Å². The molecule has 0 atom stereocenters. The van der Waals surface area contributed by atoms with Gasteiger partial charge in [-0.2, -0.15) is 0 Å². The summed E-state index contributed by atoms with van der Waals surface area (Å²) in [6, 6.07) is 10.4. The van der Waals surface area contributed by atoms with Crippen LogP contribution in [-0.2, 0) is 9.53 Å². The molecule has 1 saturated heterocycles. The molecule has 0 radical (unpaired) electrons. The molecule has 2 heterocycles. The molecule has 0 unspecified atom stereocenters. The highest BCUT2D eigenvalue weighted by atomic mass is 79.9. The summed E-state index contributed by atoms with van der Waals surface area (Å²) < 4.78 is 11.1. The van der Waals surface area contributed by atoms with Crippen LogP contribution in [-0.4, -0.2) is 43.0 Å². The highest BCUT2D eigenvalue weighted by Crippen LogP contribution is 2.16. The minimum atomic E-state index is -0.302. The molecule has 2 amide bonds. The predicted octanol–water partition coefficient (Wildman–Crippen LogP) is 3.17. The number of anilines is 1. The van der Waals surface area contributed by atoms with Gasteiger partial charge in [-0.15, -0.1) is 0 Å². The molecule has 25 heavy (non-hydrogen) atoms. The fraction of sp³-hybridized carbons (Fsp3) is 0.222. The van der Waals surface area contributed by atoms with Crippen molar-refractivity contribution in [2.24, 2.45) is 0 Å². The number of ether oxygens (including phenoxy) is 1. The summed E-state index contributed by atoms with van der Waals surface area (Å²) in [6.45, 7) is 2.26. The van der Waals surface area contributed by atoms with Gasteiger partial charge >= 0.3 is 0 Å². The van der Waals surface area contributed by atoms with E-state index in [-0.39, 0.29) is 11.8 Å².